The van der Waals surface area contributed by atoms with Crippen LogP contribution >= 0.6 is 0 Å². The van der Waals surface area contributed by atoms with Crippen LogP contribution in [0.15, 0.2) is 0 Å². The summed E-state index contributed by atoms with van der Waals surface area (Å²) >= 11 is 0. The molecule has 4 aliphatic heterocycles. The molecule has 3 spiro atoms. The monoisotopic (exact) mass is 1990 g/mol. The van der Waals surface area contributed by atoms with Crippen molar-refractivity contribution in [3.63, 3.8) is 0 Å². The molecule has 0 radical (unpaired) electrons. The zero-order valence-corrected chi connectivity index (χ0v) is 82.8. The number of carbonyl (C=O) groups is 10. The Balaban J connectivity index is 0.000000110. The third-order valence-corrected chi connectivity index (χ3v) is 41.1. The molecule has 9 N–H and O–H groups in total. The molecular weight excluding hydrogens is 1840 g/mol. The molecule has 15 unspecified atom stereocenters. The van der Waals surface area contributed by atoms with Crippen molar-refractivity contribution in [1.29, 1.82) is 0 Å². The molecule has 142 heavy (non-hydrogen) atoms. The Hall–Kier alpha value is -5.86. The molecule has 790 valence electrons. The minimum absolute atomic E-state index is 0.00114. The van der Waals surface area contributed by atoms with Crippen LogP contribution < -0.4 is 5.11 Å². The molecule has 15 atom stereocenters. The van der Waals surface area contributed by atoms with E-state index in [2.05, 4.69) is 0 Å². The first-order valence-electron chi connectivity index (χ1n) is 54.7. The Kier molecular flexibility index (Phi) is 25.9. The Morgan fingerprint density at radius 1 is 0.303 bits per heavy atom. The van der Waals surface area contributed by atoms with Gasteiger partial charge >= 0.3 is 53.7 Å². The molecule has 31 aliphatic rings. The van der Waals surface area contributed by atoms with Crippen LogP contribution in [-0.4, -0.2) is 253 Å². The van der Waals surface area contributed by atoms with Crippen LogP contribution in [0.1, 0.15) is 328 Å². The number of aliphatic carboxylic acids is 4. The van der Waals surface area contributed by atoms with Crippen molar-refractivity contribution < 1.29 is 165 Å². The van der Waals surface area contributed by atoms with Gasteiger partial charge < -0.3 is 122 Å². The Morgan fingerprint density at radius 3 is 0.831 bits per heavy atom. The Bertz CT molecular complexity index is 4590. The maximum Gasteiger partial charge on any atom is 0.312 e. The summed E-state index contributed by atoms with van der Waals surface area (Å²) in [4.78, 5) is 126. The first-order valence-corrected chi connectivity index (χ1v) is 54.7. The van der Waals surface area contributed by atoms with Crippen molar-refractivity contribution in [2.24, 2.45) is 133 Å². The summed E-state index contributed by atoms with van der Waals surface area (Å²) in [5, 5.41) is 105. The van der Waals surface area contributed by atoms with Gasteiger partial charge in [0.2, 0.25) is 0 Å². The first kappa shape index (κ1) is 101. The first-order chi connectivity index (χ1) is 67.2. The molecule has 0 aromatic rings. The summed E-state index contributed by atoms with van der Waals surface area (Å²) in [6, 6.07) is 0. The summed E-state index contributed by atoms with van der Waals surface area (Å²) in [7, 11) is 0. The van der Waals surface area contributed by atoms with E-state index in [4.69, 9.17) is 76.5 Å². The highest BCUT2D eigenvalue weighted by molar-refractivity contribution is 5.81. The molecule has 34 heteroatoms. The van der Waals surface area contributed by atoms with Gasteiger partial charge in [-0.2, -0.15) is 0 Å². The van der Waals surface area contributed by atoms with Crippen molar-refractivity contribution in [2.45, 2.75) is 403 Å². The third kappa shape index (κ3) is 19.7. The highest BCUT2D eigenvalue weighted by Gasteiger charge is 2.69. The number of carboxylic acids is 4. The van der Waals surface area contributed by atoms with Crippen LogP contribution in [0.3, 0.4) is 0 Å². The molecular formula is C108H153O34-. The summed E-state index contributed by atoms with van der Waals surface area (Å²) < 4.78 is 84.4. The second-order valence-corrected chi connectivity index (χ2v) is 53.3. The summed E-state index contributed by atoms with van der Waals surface area (Å²) in [6.45, 7) is 3.29. The van der Waals surface area contributed by atoms with Gasteiger partial charge in [-0.05, 0) is 354 Å². The van der Waals surface area contributed by atoms with Gasteiger partial charge in [0.25, 0.3) is 0 Å². The normalized spacial score (nSPS) is 50.4. The van der Waals surface area contributed by atoms with E-state index < -0.39 is 137 Å². The lowest BCUT2D eigenvalue weighted by molar-refractivity contribution is -0.322. The van der Waals surface area contributed by atoms with E-state index in [-0.39, 0.29) is 125 Å². The van der Waals surface area contributed by atoms with Crippen LogP contribution in [-0.2, 0) is 114 Å². The maximum absolute atomic E-state index is 13.7. The quantitative estimate of drug-likeness (QED) is 0.0320. The summed E-state index contributed by atoms with van der Waals surface area (Å²) in [5.41, 5.74) is -9.15. The number of esters is 6. The zero-order valence-electron chi connectivity index (χ0n) is 82.8. The number of rotatable bonds is 24. The Labute approximate surface area is 829 Å². The smallest absolute Gasteiger partial charge is 0.312 e. The van der Waals surface area contributed by atoms with Crippen LogP contribution in [0.4, 0.5) is 0 Å². The van der Waals surface area contributed by atoms with Crippen molar-refractivity contribution in [1.82, 2.24) is 0 Å². The van der Waals surface area contributed by atoms with E-state index in [0.29, 0.717) is 206 Å². The van der Waals surface area contributed by atoms with Gasteiger partial charge in [-0.3, -0.25) is 43.2 Å². The van der Waals surface area contributed by atoms with E-state index in [1.54, 1.807) is 6.92 Å². The predicted molar refractivity (Wildman–Crippen MR) is 488 cm³/mol. The van der Waals surface area contributed by atoms with Crippen molar-refractivity contribution in [3.05, 3.63) is 0 Å². The molecule has 4 saturated heterocycles. The number of ether oxygens (including phenoxy) is 14. The minimum atomic E-state index is -1.20. The van der Waals surface area contributed by atoms with E-state index in [0.717, 1.165) is 193 Å². The largest absolute Gasteiger partial charge is 0.550 e. The number of carbonyl (C=O) groups excluding carboxylic acids is 7. The molecule has 4 heterocycles. The van der Waals surface area contributed by atoms with Crippen LogP contribution in [0, 0.1) is 133 Å². The fourth-order valence-electron chi connectivity index (χ4n) is 37.3. The van der Waals surface area contributed by atoms with E-state index in [9.17, 15) is 88.8 Å². The highest BCUT2D eigenvalue weighted by Crippen LogP contribution is 2.69. The number of hydrogen-bond acceptors (Lipinski definition) is 31. The Morgan fingerprint density at radius 2 is 0.556 bits per heavy atom. The number of carboxylic acid groups (broad SMARTS) is 4. The van der Waals surface area contributed by atoms with Crippen molar-refractivity contribution in [2.75, 3.05) is 72.7 Å². The van der Waals surface area contributed by atoms with Gasteiger partial charge in [0, 0.05) is 56.8 Å². The van der Waals surface area contributed by atoms with Crippen molar-refractivity contribution in [3.8, 4) is 0 Å². The van der Waals surface area contributed by atoms with Crippen LogP contribution in [0.5, 0.6) is 0 Å². The molecule has 0 aromatic carbocycles. The summed E-state index contributed by atoms with van der Waals surface area (Å²) in [6.07, 6.45) is 32.6. The van der Waals surface area contributed by atoms with Crippen molar-refractivity contribution >= 4 is 59.7 Å². The number of aliphatic hydroxyl groups is 6. The molecule has 0 aromatic heterocycles. The highest BCUT2D eigenvalue weighted by atomic mass is 16.8. The van der Waals surface area contributed by atoms with Gasteiger partial charge in [0.1, 0.15) is 51.3 Å². The van der Waals surface area contributed by atoms with E-state index in [1.807, 2.05) is 0 Å². The third-order valence-electron chi connectivity index (χ3n) is 41.1. The molecule has 0 amide bonds. The van der Waals surface area contributed by atoms with Gasteiger partial charge in [-0.25, -0.2) is 0 Å². The lowest BCUT2D eigenvalue weighted by Gasteiger charge is -2.59. The van der Waals surface area contributed by atoms with Gasteiger partial charge in [-0.15, -0.1) is 0 Å². The molecule has 27 aliphatic carbocycles. The average molecular weight is 2000 g/mol. The zero-order chi connectivity index (χ0) is 99.3. The lowest BCUT2D eigenvalue weighted by atomic mass is 9.48. The van der Waals surface area contributed by atoms with E-state index in [1.165, 1.54) is 0 Å². The second kappa shape index (κ2) is 36.5. The standard InChI is InChI=1S/C33H46O10.C32H46O10.C22H32O7.C21H30O7/c34-26(35)23-1-3-33(4-2-23)42-24(15-40-27(36)29-7-19-5-20(8-29)12-31(38,11-19)17-29)25(43-33)16-41-28(37)30-9-21-6-22(10-30)14-32(39,13-21)18-30;1-27(3-2-24(33)34)41-18-28(19-42-27,16-39-25(35)29-6-20-4-21(7-29)11-31(37,10-20)14-29)17-40-26(36)30-8-22-5-23(9-30)13-32(38,12-22)15-30;23-18(24)17-1-3-22(4-2-17)28-11-16(12-29-22)10-27-19(25)20-6-14-5-15(7-20)9-21(26,8-14)13-20;22-17(23)15-1-3-21(4-2-15)27-11-16(28-21)10-26-18(24)19-6-13-5-14(7-19)9-20(25,8-13)12-19/h19-25,38-39H,1-18H2,(H,34,35);20-23,37-38H,2-19H2,1H3,(H,33,34);14-17,26H,1-13H2,(H,23,24);13-16,25H,1-12H2,(H,22,23)/p-1. The van der Waals surface area contributed by atoms with Gasteiger partial charge in [0.15, 0.2) is 23.1 Å². The minimum Gasteiger partial charge on any atom is -0.550 e. The fourth-order valence-corrected chi connectivity index (χ4v) is 37.3. The second-order valence-electron chi connectivity index (χ2n) is 53.3. The van der Waals surface area contributed by atoms with Crippen LogP contribution in [0.2, 0.25) is 0 Å². The fraction of sp³-hybridized carbons (Fsp3) is 0.907. The predicted octanol–water partition coefficient (Wildman–Crippen LogP) is 10.2. The maximum atomic E-state index is 13.7. The molecule has 31 fully saturated rings. The van der Waals surface area contributed by atoms with Crippen LogP contribution in [0.25, 0.3) is 0 Å². The van der Waals surface area contributed by atoms with E-state index >= 15 is 0 Å². The topological polar surface area (TPSA) is 505 Å². The van der Waals surface area contributed by atoms with Gasteiger partial charge in [0.05, 0.1) is 129 Å². The summed E-state index contributed by atoms with van der Waals surface area (Å²) in [5.74, 6) is -5.07. The van der Waals surface area contributed by atoms with Gasteiger partial charge in [-0.1, -0.05) is 0 Å². The SMILES string of the molecule is CC1(CCC(=O)[O-])OCC(COC(=O)C23CC4CC(CC(O)(C4)C2)C3)(COC(=O)C23CC4CC(CC(O)(C4)C2)C3)CO1.O=C(O)C1CCC2(CC1)OC(COC(=O)C13CC4CC(CC(O)(C4)C1)C3)C(COC(=O)C13CC4CC(CC(O)(C4)C1)C3)O2.O=C(O)C1CCC2(CC1)OCC(COC(=O)C13CC4CC(CC(O)(C4)C1)C3)CO2.O=C(O)C1CCC2(CC1)OCC(COC(=O)C13CC4CC(CC(O)(C4)C1)C3)O2. The molecule has 27 saturated carbocycles. The average Bonchev–Trinajstić information content (AvgIpc) is 0.820. The molecule has 24 bridgehead atoms. The number of hydrogen-bond donors (Lipinski definition) is 9. The molecule has 34 nitrogen and oxygen atoms in total. The lowest BCUT2D eigenvalue weighted by Crippen LogP contribution is -2.60. The molecule has 31 rings (SSSR count).